The Morgan fingerprint density at radius 3 is 0.784 bits per heavy atom. The number of phosphoric acid groups is 2. The van der Waals surface area contributed by atoms with Crippen molar-refractivity contribution < 1.29 is 80.2 Å². The monoisotopic (exact) mass is 1420 g/mol. The summed E-state index contributed by atoms with van der Waals surface area (Å²) in [7, 11) is -9.91. The Hall–Kier alpha value is -1.94. The number of unbranched alkanes of at least 4 members (excludes halogenated alkanes) is 46. The van der Waals surface area contributed by atoms with E-state index in [9.17, 15) is 43.2 Å². The third-order valence-electron chi connectivity index (χ3n) is 18.6. The first kappa shape index (κ1) is 95.1. The molecular formula is C78H152O17P2. The third kappa shape index (κ3) is 70.9. The minimum atomic E-state index is -4.96. The molecule has 0 saturated carbocycles. The standard InChI is InChI=1S/C78H152O17P2/c1-7-10-12-14-16-18-20-21-22-23-26-29-32-36-43-49-55-61-76(81)89-66-73(94-77(82)62-56-50-44-37-33-30-27-24-25-28-31-34-40-46-52-58-70(4)5)68-92-96(84,85)90-64-72(79)65-91-97(86,87)93-69-74(67-88-75(80)60-54-48-42-35-19-17-15-13-11-8-2)95-78(83)63-57-51-45-39-38-41-47-53-59-71(6)9-3/h70-74,79H,7-69H2,1-6H3,(H,84,85)(H,86,87)/t71?,72-,73-,74-/m1/s1. The highest BCUT2D eigenvalue weighted by Crippen LogP contribution is 2.45. The van der Waals surface area contributed by atoms with Crippen molar-refractivity contribution in [1.29, 1.82) is 0 Å². The maximum Gasteiger partial charge on any atom is 0.472 e. The maximum absolute atomic E-state index is 13.1. The van der Waals surface area contributed by atoms with E-state index in [0.29, 0.717) is 25.7 Å². The number of carbonyl (C=O) groups is 4. The van der Waals surface area contributed by atoms with Gasteiger partial charge in [-0.15, -0.1) is 0 Å². The Morgan fingerprint density at radius 2 is 0.526 bits per heavy atom. The van der Waals surface area contributed by atoms with Gasteiger partial charge < -0.3 is 33.8 Å². The van der Waals surface area contributed by atoms with Crippen LogP contribution in [0.15, 0.2) is 0 Å². The average molecular weight is 1420 g/mol. The Bertz CT molecular complexity index is 1870. The van der Waals surface area contributed by atoms with E-state index in [1.54, 1.807) is 0 Å². The largest absolute Gasteiger partial charge is 0.472 e. The second-order valence-corrected chi connectivity index (χ2v) is 31.7. The van der Waals surface area contributed by atoms with Crippen molar-refractivity contribution in [2.45, 2.75) is 426 Å². The Labute approximate surface area is 594 Å². The van der Waals surface area contributed by atoms with Crippen molar-refractivity contribution in [1.82, 2.24) is 0 Å². The number of hydrogen-bond donors (Lipinski definition) is 3. The van der Waals surface area contributed by atoms with Crippen molar-refractivity contribution in [3.8, 4) is 0 Å². The Kier molecular flexibility index (Phi) is 68.4. The molecule has 0 radical (unpaired) electrons. The summed E-state index contributed by atoms with van der Waals surface area (Å²) in [5.41, 5.74) is 0. The van der Waals surface area contributed by atoms with Crippen LogP contribution in [0.25, 0.3) is 0 Å². The van der Waals surface area contributed by atoms with Gasteiger partial charge in [-0.3, -0.25) is 37.3 Å². The van der Waals surface area contributed by atoms with Crippen LogP contribution in [0, 0.1) is 11.8 Å². The van der Waals surface area contributed by atoms with Crippen LogP contribution in [0.2, 0.25) is 0 Å². The fraction of sp³-hybridized carbons (Fsp3) is 0.949. The summed E-state index contributed by atoms with van der Waals surface area (Å²) in [6.45, 7) is 9.63. The first-order valence-electron chi connectivity index (χ1n) is 40.5. The highest BCUT2D eigenvalue weighted by atomic mass is 31.2. The normalized spacial score (nSPS) is 14.2. The van der Waals surface area contributed by atoms with E-state index in [0.717, 1.165) is 102 Å². The molecule has 0 aromatic heterocycles. The fourth-order valence-corrected chi connectivity index (χ4v) is 13.6. The molecule has 0 fully saturated rings. The van der Waals surface area contributed by atoms with E-state index in [1.165, 1.54) is 225 Å². The van der Waals surface area contributed by atoms with Gasteiger partial charge in [-0.2, -0.15) is 0 Å². The highest BCUT2D eigenvalue weighted by Gasteiger charge is 2.30. The van der Waals surface area contributed by atoms with Crippen LogP contribution in [-0.2, 0) is 65.4 Å². The summed E-state index contributed by atoms with van der Waals surface area (Å²) in [5.74, 6) is -0.541. The quantitative estimate of drug-likeness (QED) is 0.0222. The average Bonchev–Trinajstić information content (AvgIpc) is 1.35. The van der Waals surface area contributed by atoms with Crippen LogP contribution in [0.5, 0.6) is 0 Å². The van der Waals surface area contributed by atoms with E-state index < -0.39 is 97.5 Å². The lowest BCUT2D eigenvalue weighted by molar-refractivity contribution is -0.161. The lowest BCUT2D eigenvalue weighted by Crippen LogP contribution is -2.30. The molecule has 0 aliphatic heterocycles. The van der Waals surface area contributed by atoms with Gasteiger partial charge in [0.15, 0.2) is 12.2 Å². The van der Waals surface area contributed by atoms with Crippen LogP contribution in [0.4, 0.5) is 0 Å². The Balaban J connectivity index is 5.24. The summed E-state index contributed by atoms with van der Waals surface area (Å²) in [6.07, 6.45) is 58.2. The zero-order valence-electron chi connectivity index (χ0n) is 63.4. The molecule has 3 N–H and O–H groups in total. The third-order valence-corrected chi connectivity index (χ3v) is 20.5. The summed E-state index contributed by atoms with van der Waals surface area (Å²) < 4.78 is 68.6. The van der Waals surface area contributed by atoms with Crippen molar-refractivity contribution in [2.24, 2.45) is 11.8 Å². The van der Waals surface area contributed by atoms with Gasteiger partial charge in [0.1, 0.15) is 19.3 Å². The Morgan fingerprint density at radius 1 is 0.299 bits per heavy atom. The fourth-order valence-electron chi connectivity index (χ4n) is 12.0. The number of ether oxygens (including phenoxy) is 4. The van der Waals surface area contributed by atoms with Crippen LogP contribution in [0.1, 0.15) is 408 Å². The first-order valence-corrected chi connectivity index (χ1v) is 43.5. The summed E-state index contributed by atoms with van der Waals surface area (Å²) in [5, 5.41) is 10.6. The lowest BCUT2D eigenvalue weighted by atomic mass is 9.99. The van der Waals surface area contributed by atoms with Gasteiger partial charge in [0.25, 0.3) is 0 Å². The molecule has 0 aliphatic rings. The molecule has 19 heteroatoms. The van der Waals surface area contributed by atoms with Gasteiger partial charge in [0, 0.05) is 25.7 Å². The topological polar surface area (TPSA) is 237 Å². The molecule has 0 spiro atoms. The smallest absolute Gasteiger partial charge is 0.462 e. The molecule has 0 aromatic carbocycles. The first-order chi connectivity index (χ1) is 46.9. The zero-order valence-corrected chi connectivity index (χ0v) is 65.2. The van der Waals surface area contributed by atoms with E-state index in [1.807, 2.05) is 0 Å². The van der Waals surface area contributed by atoms with Crippen molar-refractivity contribution >= 4 is 39.5 Å². The molecule has 17 nitrogen and oxygen atoms in total. The van der Waals surface area contributed by atoms with Gasteiger partial charge >= 0.3 is 39.5 Å². The molecule has 576 valence electrons. The molecule has 0 rings (SSSR count). The van der Waals surface area contributed by atoms with Crippen LogP contribution in [0.3, 0.4) is 0 Å². The van der Waals surface area contributed by atoms with Crippen molar-refractivity contribution in [2.75, 3.05) is 39.6 Å². The van der Waals surface area contributed by atoms with Gasteiger partial charge in [-0.25, -0.2) is 9.13 Å². The molecular weight excluding hydrogens is 1270 g/mol. The van der Waals surface area contributed by atoms with Crippen molar-refractivity contribution in [3.05, 3.63) is 0 Å². The van der Waals surface area contributed by atoms with E-state index in [4.69, 9.17) is 37.0 Å². The zero-order chi connectivity index (χ0) is 71.4. The highest BCUT2D eigenvalue weighted by molar-refractivity contribution is 7.47. The number of esters is 4. The van der Waals surface area contributed by atoms with Crippen LogP contribution < -0.4 is 0 Å². The molecule has 3 unspecified atom stereocenters. The van der Waals surface area contributed by atoms with Gasteiger partial charge in [0.05, 0.1) is 26.4 Å². The van der Waals surface area contributed by atoms with Gasteiger partial charge in [0.2, 0.25) is 0 Å². The molecule has 0 aromatic rings. The number of rotatable bonds is 77. The van der Waals surface area contributed by atoms with Gasteiger partial charge in [-0.1, -0.05) is 356 Å². The van der Waals surface area contributed by atoms with Gasteiger partial charge in [-0.05, 0) is 37.5 Å². The maximum atomic E-state index is 13.1. The number of aliphatic hydroxyl groups excluding tert-OH is 1. The molecule has 0 saturated heterocycles. The predicted molar refractivity (Wildman–Crippen MR) is 395 cm³/mol. The predicted octanol–water partition coefficient (Wildman–Crippen LogP) is 23.1. The minimum absolute atomic E-state index is 0.105. The van der Waals surface area contributed by atoms with E-state index in [-0.39, 0.29) is 25.7 Å². The second kappa shape index (κ2) is 69.8. The summed E-state index contributed by atoms with van der Waals surface area (Å²) in [4.78, 5) is 72.9. The SMILES string of the molecule is CCCCCCCCCCCCCCCCCCCC(=O)OC[C@H](COP(=O)(O)OC[C@@H](O)COP(=O)(O)OC[C@@H](COC(=O)CCCCCCCCCCCC)OC(=O)CCCCCCCCCCC(C)CC)OC(=O)CCCCCCCCCCCCCCCCCC(C)C. The van der Waals surface area contributed by atoms with Crippen LogP contribution in [-0.4, -0.2) is 96.7 Å². The molecule has 0 aliphatic carbocycles. The van der Waals surface area contributed by atoms with E-state index in [2.05, 4.69) is 41.5 Å². The number of phosphoric ester groups is 2. The molecule has 6 atom stereocenters. The number of carbonyl (C=O) groups excluding carboxylic acids is 4. The summed E-state index contributed by atoms with van der Waals surface area (Å²) in [6, 6.07) is 0. The van der Waals surface area contributed by atoms with E-state index >= 15 is 0 Å². The number of aliphatic hydroxyl groups is 1. The number of hydrogen-bond acceptors (Lipinski definition) is 15. The molecule has 0 bridgehead atoms. The second-order valence-electron chi connectivity index (χ2n) is 28.8. The lowest BCUT2D eigenvalue weighted by Gasteiger charge is -2.21. The van der Waals surface area contributed by atoms with Crippen LogP contribution >= 0.6 is 15.6 Å². The summed E-state index contributed by atoms with van der Waals surface area (Å²) >= 11 is 0. The van der Waals surface area contributed by atoms with Crippen molar-refractivity contribution in [3.63, 3.8) is 0 Å². The minimum Gasteiger partial charge on any atom is -0.462 e. The molecule has 97 heavy (non-hydrogen) atoms. The molecule has 0 heterocycles. The molecule has 0 amide bonds.